The van der Waals surface area contributed by atoms with Gasteiger partial charge in [0.15, 0.2) is 5.13 Å². The molecule has 1 aliphatic rings. The van der Waals surface area contributed by atoms with Gasteiger partial charge in [-0.15, -0.1) is 11.3 Å². The standard InChI is InChI=1S/C14H21N3O2S/c1-2-3-4-7-15-12(18)8-11-9-20-14(16-11)17-13(19)10-5-6-10/h9-10H,2-8H2,1H3,(H,15,18)(H,16,17,19). The number of aromatic nitrogens is 1. The average molecular weight is 295 g/mol. The van der Waals surface area contributed by atoms with Gasteiger partial charge in [-0.3, -0.25) is 9.59 Å². The molecule has 0 saturated heterocycles. The Morgan fingerprint density at radius 1 is 1.40 bits per heavy atom. The summed E-state index contributed by atoms with van der Waals surface area (Å²) in [6, 6.07) is 0. The van der Waals surface area contributed by atoms with Crippen molar-refractivity contribution in [3.8, 4) is 0 Å². The second kappa shape index (κ2) is 7.38. The number of anilines is 1. The van der Waals surface area contributed by atoms with Gasteiger partial charge in [0.2, 0.25) is 11.8 Å². The van der Waals surface area contributed by atoms with Crippen LogP contribution in [0.15, 0.2) is 5.38 Å². The van der Waals surface area contributed by atoms with Crippen LogP contribution in [0.25, 0.3) is 0 Å². The molecule has 0 aromatic carbocycles. The third-order valence-corrected chi connectivity index (χ3v) is 3.98. The number of nitrogens with one attached hydrogen (secondary N) is 2. The quantitative estimate of drug-likeness (QED) is 0.723. The number of hydrogen-bond donors (Lipinski definition) is 2. The molecule has 0 unspecified atom stereocenters. The Balaban J connectivity index is 1.71. The number of nitrogens with zero attached hydrogens (tertiary/aromatic N) is 1. The van der Waals surface area contributed by atoms with Crippen LogP contribution in [-0.2, 0) is 16.0 Å². The van der Waals surface area contributed by atoms with Gasteiger partial charge in [-0.2, -0.15) is 0 Å². The number of hydrogen-bond acceptors (Lipinski definition) is 4. The summed E-state index contributed by atoms with van der Waals surface area (Å²) in [6.07, 6.45) is 5.53. The second-order valence-corrected chi connectivity index (χ2v) is 6.00. The third kappa shape index (κ3) is 4.92. The van der Waals surface area contributed by atoms with Gasteiger partial charge in [-0.25, -0.2) is 4.98 Å². The molecule has 0 radical (unpaired) electrons. The van der Waals surface area contributed by atoms with Crippen LogP contribution in [0.1, 0.15) is 44.7 Å². The first-order chi connectivity index (χ1) is 9.69. The zero-order chi connectivity index (χ0) is 14.4. The largest absolute Gasteiger partial charge is 0.356 e. The fourth-order valence-corrected chi connectivity index (χ4v) is 2.54. The molecule has 0 spiro atoms. The van der Waals surface area contributed by atoms with E-state index in [-0.39, 0.29) is 24.2 Å². The molecule has 2 rings (SSSR count). The van der Waals surface area contributed by atoms with E-state index in [0.717, 1.165) is 38.6 Å². The number of thiazole rings is 1. The van der Waals surface area contributed by atoms with Gasteiger partial charge in [0.05, 0.1) is 12.1 Å². The van der Waals surface area contributed by atoms with Gasteiger partial charge in [0.1, 0.15) is 0 Å². The molecule has 0 aliphatic heterocycles. The zero-order valence-electron chi connectivity index (χ0n) is 11.8. The van der Waals surface area contributed by atoms with Crippen molar-refractivity contribution in [2.75, 3.05) is 11.9 Å². The molecule has 1 heterocycles. The number of unbranched alkanes of at least 4 members (excludes halogenated alkanes) is 2. The van der Waals surface area contributed by atoms with Crippen LogP contribution in [0.2, 0.25) is 0 Å². The molecular weight excluding hydrogens is 274 g/mol. The minimum Gasteiger partial charge on any atom is -0.356 e. The smallest absolute Gasteiger partial charge is 0.229 e. The third-order valence-electron chi connectivity index (χ3n) is 3.17. The Hall–Kier alpha value is -1.43. The number of rotatable bonds is 8. The van der Waals surface area contributed by atoms with E-state index in [0.29, 0.717) is 10.8 Å². The topological polar surface area (TPSA) is 71.1 Å². The fraction of sp³-hybridized carbons (Fsp3) is 0.643. The van der Waals surface area contributed by atoms with Gasteiger partial charge in [-0.05, 0) is 19.3 Å². The van der Waals surface area contributed by atoms with Gasteiger partial charge in [0, 0.05) is 17.8 Å². The first-order valence-corrected chi connectivity index (χ1v) is 8.09. The SMILES string of the molecule is CCCCCNC(=O)Cc1csc(NC(=O)C2CC2)n1. The number of amides is 2. The van der Waals surface area contributed by atoms with E-state index >= 15 is 0 Å². The van der Waals surface area contributed by atoms with Crippen LogP contribution in [0.3, 0.4) is 0 Å². The van der Waals surface area contributed by atoms with Gasteiger partial charge in [-0.1, -0.05) is 19.8 Å². The van der Waals surface area contributed by atoms with Crippen LogP contribution in [0.5, 0.6) is 0 Å². The van der Waals surface area contributed by atoms with Gasteiger partial charge < -0.3 is 10.6 Å². The molecule has 0 bridgehead atoms. The molecule has 2 N–H and O–H groups in total. The molecule has 1 aromatic heterocycles. The van der Waals surface area contributed by atoms with Crippen LogP contribution in [0.4, 0.5) is 5.13 Å². The highest BCUT2D eigenvalue weighted by molar-refractivity contribution is 7.13. The van der Waals surface area contributed by atoms with E-state index in [1.807, 2.05) is 5.38 Å². The number of carbonyl (C=O) groups is 2. The van der Waals surface area contributed by atoms with Crippen molar-refractivity contribution in [3.05, 3.63) is 11.1 Å². The van der Waals surface area contributed by atoms with E-state index in [2.05, 4.69) is 22.5 Å². The Bertz CT molecular complexity index is 469. The molecule has 1 aromatic rings. The molecule has 20 heavy (non-hydrogen) atoms. The lowest BCUT2D eigenvalue weighted by Gasteiger charge is -2.02. The molecule has 2 amide bonds. The van der Waals surface area contributed by atoms with Gasteiger partial charge >= 0.3 is 0 Å². The normalized spacial score (nSPS) is 14.1. The van der Waals surface area contributed by atoms with Crippen molar-refractivity contribution >= 4 is 28.3 Å². The summed E-state index contributed by atoms with van der Waals surface area (Å²) >= 11 is 1.37. The van der Waals surface area contributed by atoms with E-state index in [1.54, 1.807) is 0 Å². The van der Waals surface area contributed by atoms with E-state index in [1.165, 1.54) is 11.3 Å². The Labute approximate surface area is 123 Å². The fourth-order valence-electron chi connectivity index (χ4n) is 1.83. The summed E-state index contributed by atoms with van der Waals surface area (Å²) in [7, 11) is 0. The van der Waals surface area contributed by atoms with E-state index < -0.39 is 0 Å². The van der Waals surface area contributed by atoms with Crippen molar-refractivity contribution < 1.29 is 9.59 Å². The monoisotopic (exact) mass is 295 g/mol. The maximum Gasteiger partial charge on any atom is 0.229 e. The lowest BCUT2D eigenvalue weighted by molar-refractivity contribution is -0.120. The second-order valence-electron chi connectivity index (χ2n) is 5.14. The summed E-state index contributed by atoms with van der Waals surface area (Å²) in [5.41, 5.74) is 0.717. The minimum atomic E-state index is -0.00790. The summed E-state index contributed by atoms with van der Waals surface area (Å²) in [5, 5.41) is 8.10. The van der Waals surface area contributed by atoms with Crippen molar-refractivity contribution in [2.24, 2.45) is 5.92 Å². The van der Waals surface area contributed by atoms with Crippen LogP contribution >= 0.6 is 11.3 Å². The number of carbonyl (C=O) groups excluding carboxylic acids is 2. The lowest BCUT2D eigenvalue weighted by Crippen LogP contribution is -2.26. The molecule has 110 valence electrons. The lowest BCUT2D eigenvalue weighted by atomic mass is 10.2. The van der Waals surface area contributed by atoms with Crippen molar-refractivity contribution in [1.29, 1.82) is 0 Å². The molecule has 1 aliphatic carbocycles. The van der Waals surface area contributed by atoms with Gasteiger partial charge in [0.25, 0.3) is 0 Å². The Kier molecular flexibility index (Phi) is 5.52. The molecule has 0 atom stereocenters. The molecule has 6 heteroatoms. The van der Waals surface area contributed by atoms with E-state index in [9.17, 15) is 9.59 Å². The summed E-state index contributed by atoms with van der Waals surface area (Å²) in [5.74, 6) is 0.214. The van der Waals surface area contributed by atoms with Crippen LogP contribution in [0, 0.1) is 5.92 Å². The highest BCUT2D eigenvalue weighted by Gasteiger charge is 2.30. The average Bonchev–Trinajstić information content (AvgIpc) is 3.18. The molecular formula is C14H21N3O2S. The zero-order valence-corrected chi connectivity index (χ0v) is 12.6. The first-order valence-electron chi connectivity index (χ1n) is 7.21. The molecule has 1 saturated carbocycles. The first kappa shape index (κ1) is 15.0. The predicted octanol–water partition coefficient (Wildman–Crippen LogP) is 2.34. The van der Waals surface area contributed by atoms with Crippen molar-refractivity contribution in [1.82, 2.24) is 10.3 Å². The highest BCUT2D eigenvalue weighted by atomic mass is 32.1. The highest BCUT2D eigenvalue weighted by Crippen LogP contribution is 2.30. The maximum atomic E-state index is 11.7. The minimum absolute atomic E-state index is 0.00790. The Morgan fingerprint density at radius 2 is 2.20 bits per heavy atom. The van der Waals surface area contributed by atoms with Crippen molar-refractivity contribution in [2.45, 2.75) is 45.4 Å². The molecule has 1 fully saturated rings. The van der Waals surface area contributed by atoms with E-state index in [4.69, 9.17) is 0 Å². The Morgan fingerprint density at radius 3 is 2.90 bits per heavy atom. The van der Waals surface area contributed by atoms with Crippen LogP contribution < -0.4 is 10.6 Å². The maximum absolute atomic E-state index is 11.7. The van der Waals surface area contributed by atoms with Crippen molar-refractivity contribution in [3.63, 3.8) is 0 Å². The summed E-state index contributed by atoms with van der Waals surface area (Å²) in [4.78, 5) is 27.5. The summed E-state index contributed by atoms with van der Waals surface area (Å²) in [6.45, 7) is 2.86. The van der Waals surface area contributed by atoms with Crippen LogP contribution in [-0.4, -0.2) is 23.3 Å². The predicted molar refractivity (Wildman–Crippen MR) is 79.7 cm³/mol. The summed E-state index contributed by atoms with van der Waals surface area (Å²) < 4.78 is 0. The molecule has 5 nitrogen and oxygen atoms in total.